The van der Waals surface area contributed by atoms with Gasteiger partial charge >= 0.3 is 0 Å². The summed E-state index contributed by atoms with van der Waals surface area (Å²) in [7, 11) is 0. The number of fused-ring (bicyclic) bond motifs is 1. The van der Waals surface area contributed by atoms with Gasteiger partial charge in [-0.05, 0) is 55.2 Å². The summed E-state index contributed by atoms with van der Waals surface area (Å²) >= 11 is 5.96. The number of halogens is 1. The molecule has 0 saturated carbocycles. The van der Waals surface area contributed by atoms with Crippen LogP contribution >= 0.6 is 11.6 Å². The number of aromatic amines is 1. The fraction of sp³-hybridized carbons (Fsp3) is 0.280. The van der Waals surface area contributed by atoms with Gasteiger partial charge in [0.15, 0.2) is 5.89 Å². The standard InChI is InChI=1S/C25H24ClN3O2/c1-16-4-2-6-22-21(16)13-23(28-22)25(30)29-11-3-5-18(15-29)24-27-14-20(31-24)12-17-7-9-19(26)10-8-17/h2,4,6-10,13-14,18,28H,3,5,11-12,15H2,1H3/t18-/m1/s1. The average molecular weight is 434 g/mol. The van der Waals surface area contributed by atoms with E-state index in [0.717, 1.165) is 52.2 Å². The smallest absolute Gasteiger partial charge is 0.270 e. The molecule has 158 valence electrons. The summed E-state index contributed by atoms with van der Waals surface area (Å²) in [6.45, 7) is 3.43. The number of hydrogen-bond acceptors (Lipinski definition) is 3. The number of amides is 1. The van der Waals surface area contributed by atoms with E-state index in [1.165, 1.54) is 0 Å². The lowest BCUT2D eigenvalue weighted by molar-refractivity contribution is 0.0693. The molecule has 5 nitrogen and oxygen atoms in total. The van der Waals surface area contributed by atoms with Gasteiger partial charge in [0.1, 0.15) is 11.5 Å². The number of carbonyl (C=O) groups is 1. The van der Waals surface area contributed by atoms with Crippen LogP contribution in [0, 0.1) is 6.92 Å². The van der Waals surface area contributed by atoms with Crippen LogP contribution in [0.4, 0.5) is 0 Å². The molecular formula is C25H24ClN3O2. The van der Waals surface area contributed by atoms with Crippen molar-refractivity contribution in [2.75, 3.05) is 13.1 Å². The average Bonchev–Trinajstić information content (AvgIpc) is 3.43. The number of H-pyrrole nitrogens is 1. The maximum atomic E-state index is 13.2. The van der Waals surface area contributed by atoms with Gasteiger partial charge in [0.05, 0.1) is 12.1 Å². The molecule has 0 aliphatic carbocycles. The molecule has 1 fully saturated rings. The van der Waals surface area contributed by atoms with Crippen LogP contribution in [0.25, 0.3) is 10.9 Å². The third-order valence-corrected chi connectivity index (χ3v) is 6.29. The predicted octanol–water partition coefficient (Wildman–Crippen LogP) is 5.73. The van der Waals surface area contributed by atoms with Gasteiger partial charge in [-0.2, -0.15) is 0 Å². The first-order valence-electron chi connectivity index (χ1n) is 10.6. The second-order valence-corrected chi connectivity index (χ2v) is 8.71. The SMILES string of the molecule is Cc1cccc2[nH]c(C(=O)N3CCC[C@@H](c4ncc(Cc5ccc(Cl)cc5)o4)C3)cc12. The van der Waals surface area contributed by atoms with Crippen LogP contribution in [-0.4, -0.2) is 33.9 Å². The molecule has 0 spiro atoms. The Hall–Kier alpha value is -3.05. The van der Waals surface area contributed by atoms with E-state index in [1.807, 2.05) is 47.4 Å². The molecule has 2 aromatic heterocycles. The van der Waals surface area contributed by atoms with E-state index >= 15 is 0 Å². The molecular weight excluding hydrogens is 410 g/mol. The van der Waals surface area contributed by atoms with E-state index < -0.39 is 0 Å². The third kappa shape index (κ3) is 4.10. The number of rotatable bonds is 4. The highest BCUT2D eigenvalue weighted by Gasteiger charge is 2.29. The Morgan fingerprint density at radius 1 is 1.26 bits per heavy atom. The van der Waals surface area contributed by atoms with Crippen LogP contribution in [0.1, 0.15) is 52.0 Å². The number of likely N-dealkylation sites (tertiary alicyclic amines) is 1. The summed E-state index contributed by atoms with van der Waals surface area (Å²) in [5.41, 5.74) is 3.93. The Balaban J connectivity index is 1.29. The zero-order valence-electron chi connectivity index (χ0n) is 17.4. The molecule has 0 radical (unpaired) electrons. The van der Waals surface area contributed by atoms with Crippen LogP contribution in [0.2, 0.25) is 5.02 Å². The second kappa shape index (κ2) is 8.23. The normalized spacial score (nSPS) is 16.7. The summed E-state index contributed by atoms with van der Waals surface area (Å²) in [5.74, 6) is 1.69. The number of oxazole rings is 1. The third-order valence-electron chi connectivity index (χ3n) is 6.03. The highest BCUT2D eigenvalue weighted by molar-refractivity contribution is 6.30. The molecule has 31 heavy (non-hydrogen) atoms. The maximum Gasteiger partial charge on any atom is 0.270 e. The molecule has 2 aromatic carbocycles. The molecule has 3 heterocycles. The van der Waals surface area contributed by atoms with Crippen molar-refractivity contribution in [2.24, 2.45) is 0 Å². The fourth-order valence-electron chi connectivity index (χ4n) is 4.35. The highest BCUT2D eigenvalue weighted by Crippen LogP contribution is 2.29. The number of benzene rings is 2. The van der Waals surface area contributed by atoms with E-state index in [9.17, 15) is 4.79 Å². The molecule has 4 aromatic rings. The van der Waals surface area contributed by atoms with Crippen molar-refractivity contribution in [1.82, 2.24) is 14.9 Å². The lowest BCUT2D eigenvalue weighted by Crippen LogP contribution is -2.39. The molecule has 0 unspecified atom stereocenters. The lowest BCUT2D eigenvalue weighted by atomic mass is 9.97. The van der Waals surface area contributed by atoms with Crippen molar-refractivity contribution in [1.29, 1.82) is 0 Å². The number of nitrogens with one attached hydrogen (secondary N) is 1. The number of piperidine rings is 1. The quantitative estimate of drug-likeness (QED) is 0.447. The van der Waals surface area contributed by atoms with Gasteiger partial charge in [-0.15, -0.1) is 0 Å². The van der Waals surface area contributed by atoms with E-state index in [1.54, 1.807) is 6.20 Å². The van der Waals surface area contributed by atoms with Gasteiger partial charge in [-0.25, -0.2) is 4.98 Å². The van der Waals surface area contributed by atoms with Gasteiger partial charge in [0.25, 0.3) is 5.91 Å². The Morgan fingerprint density at radius 3 is 2.90 bits per heavy atom. The van der Waals surface area contributed by atoms with Crippen LogP contribution in [0.5, 0.6) is 0 Å². The maximum absolute atomic E-state index is 13.2. The van der Waals surface area contributed by atoms with Crippen molar-refractivity contribution in [3.05, 3.63) is 88.2 Å². The topological polar surface area (TPSA) is 62.1 Å². The molecule has 6 heteroatoms. The molecule has 5 rings (SSSR count). The lowest BCUT2D eigenvalue weighted by Gasteiger charge is -2.31. The fourth-order valence-corrected chi connectivity index (χ4v) is 4.48. The molecule has 1 atom stereocenters. The number of aryl methyl sites for hydroxylation is 1. The summed E-state index contributed by atoms with van der Waals surface area (Å²) < 4.78 is 6.06. The first-order valence-corrected chi connectivity index (χ1v) is 11.0. The molecule has 1 N–H and O–H groups in total. The number of aromatic nitrogens is 2. The monoisotopic (exact) mass is 433 g/mol. The van der Waals surface area contributed by atoms with Crippen molar-refractivity contribution in [3.8, 4) is 0 Å². The Bertz CT molecular complexity index is 1230. The highest BCUT2D eigenvalue weighted by atomic mass is 35.5. The zero-order chi connectivity index (χ0) is 21.4. The van der Waals surface area contributed by atoms with Gasteiger partial charge in [-0.3, -0.25) is 4.79 Å². The number of nitrogens with zero attached hydrogens (tertiary/aromatic N) is 2. The first kappa shape index (κ1) is 19.9. The van der Waals surface area contributed by atoms with Crippen molar-refractivity contribution in [3.63, 3.8) is 0 Å². The largest absolute Gasteiger partial charge is 0.445 e. The predicted molar refractivity (Wildman–Crippen MR) is 122 cm³/mol. The Morgan fingerprint density at radius 2 is 2.10 bits per heavy atom. The molecule has 0 bridgehead atoms. The van der Waals surface area contributed by atoms with E-state index in [2.05, 4.69) is 23.0 Å². The van der Waals surface area contributed by atoms with Gasteiger partial charge in [0.2, 0.25) is 0 Å². The summed E-state index contributed by atoms with van der Waals surface area (Å²) in [6.07, 6.45) is 4.38. The number of hydrogen-bond donors (Lipinski definition) is 1. The Labute approximate surface area is 186 Å². The zero-order valence-corrected chi connectivity index (χ0v) is 18.2. The molecule has 1 saturated heterocycles. The second-order valence-electron chi connectivity index (χ2n) is 8.28. The van der Waals surface area contributed by atoms with Crippen molar-refractivity contribution >= 4 is 28.4 Å². The van der Waals surface area contributed by atoms with E-state index in [-0.39, 0.29) is 11.8 Å². The minimum absolute atomic E-state index is 0.0354. The first-order chi connectivity index (χ1) is 15.1. The number of carbonyl (C=O) groups excluding carboxylic acids is 1. The van der Waals surface area contributed by atoms with Crippen LogP contribution in [0.15, 0.2) is 59.1 Å². The van der Waals surface area contributed by atoms with Crippen LogP contribution < -0.4 is 0 Å². The molecule has 1 aliphatic heterocycles. The van der Waals surface area contributed by atoms with Crippen molar-refractivity contribution < 1.29 is 9.21 Å². The summed E-state index contributed by atoms with van der Waals surface area (Å²) in [4.78, 5) is 22.9. The minimum Gasteiger partial charge on any atom is -0.445 e. The van der Waals surface area contributed by atoms with Crippen LogP contribution in [-0.2, 0) is 6.42 Å². The van der Waals surface area contributed by atoms with E-state index in [4.69, 9.17) is 16.0 Å². The molecule has 1 amide bonds. The van der Waals surface area contributed by atoms with Crippen LogP contribution in [0.3, 0.4) is 0 Å². The summed E-state index contributed by atoms with van der Waals surface area (Å²) in [6, 6.07) is 15.8. The van der Waals surface area contributed by atoms with Gasteiger partial charge in [-0.1, -0.05) is 35.9 Å². The van der Waals surface area contributed by atoms with E-state index in [0.29, 0.717) is 24.6 Å². The van der Waals surface area contributed by atoms with Gasteiger partial charge in [0, 0.05) is 35.4 Å². The minimum atomic E-state index is 0.0354. The molecule has 1 aliphatic rings. The summed E-state index contributed by atoms with van der Waals surface area (Å²) in [5, 5.41) is 1.82. The Kier molecular flexibility index (Phi) is 5.28. The van der Waals surface area contributed by atoms with Crippen molar-refractivity contribution in [2.45, 2.75) is 32.1 Å². The van der Waals surface area contributed by atoms with Gasteiger partial charge < -0.3 is 14.3 Å².